The van der Waals surface area contributed by atoms with Gasteiger partial charge < -0.3 is 9.47 Å². The minimum Gasteiger partial charge on any atom is -0.496 e. The molecule has 0 saturated heterocycles. The van der Waals surface area contributed by atoms with Gasteiger partial charge in [0, 0.05) is 11.5 Å². The highest BCUT2D eigenvalue weighted by Gasteiger charge is 2.26. The zero-order chi connectivity index (χ0) is 18.4. The molecule has 136 valence electrons. The van der Waals surface area contributed by atoms with Gasteiger partial charge >= 0.3 is 0 Å². The quantitative estimate of drug-likeness (QED) is 0.263. The van der Waals surface area contributed by atoms with Gasteiger partial charge in [-0.3, -0.25) is 0 Å². The predicted octanol–water partition coefficient (Wildman–Crippen LogP) is 6.37. The maximum absolute atomic E-state index is 5.89. The number of unbranched alkanes of at least 4 members (excludes halogenated alkanes) is 1. The van der Waals surface area contributed by atoms with E-state index in [1.54, 1.807) is 14.2 Å². The molecule has 0 spiro atoms. The molecule has 2 aromatic carbocycles. The summed E-state index contributed by atoms with van der Waals surface area (Å²) >= 11 is 2.46. The molecule has 0 radical (unpaired) electrons. The second-order valence-electron chi connectivity index (χ2n) is 6.50. The maximum atomic E-state index is 5.89. The molecular formula is C22H29IO2. The molecule has 1 unspecified atom stereocenters. The van der Waals surface area contributed by atoms with E-state index < -0.39 is 0 Å². The third kappa shape index (κ3) is 4.30. The number of halogens is 1. The molecule has 0 aliphatic carbocycles. The molecule has 2 nitrogen and oxygen atoms in total. The van der Waals surface area contributed by atoms with Gasteiger partial charge in [0.1, 0.15) is 11.5 Å². The molecule has 0 saturated carbocycles. The summed E-state index contributed by atoms with van der Waals surface area (Å²) in [6.07, 6.45) is 3.57. The molecule has 25 heavy (non-hydrogen) atoms. The monoisotopic (exact) mass is 452 g/mol. The molecular weight excluding hydrogens is 423 g/mol. The van der Waals surface area contributed by atoms with Gasteiger partial charge in [-0.25, -0.2) is 0 Å². The largest absolute Gasteiger partial charge is 0.496 e. The molecule has 0 heterocycles. The van der Waals surface area contributed by atoms with Gasteiger partial charge in [-0.1, -0.05) is 59.3 Å². The molecule has 2 rings (SSSR count). The fourth-order valence-corrected chi connectivity index (χ4v) is 4.25. The number of ether oxygens (including phenoxy) is 2. The number of hydrogen-bond acceptors (Lipinski definition) is 2. The summed E-state index contributed by atoms with van der Waals surface area (Å²) in [5.41, 5.74) is 6.17. The van der Waals surface area contributed by atoms with Crippen LogP contribution < -0.4 is 9.47 Å². The Morgan fingerprint density at radius 1 is 0.840 bits per heavy atom. The van der Waals surface area contributed by atoms with Crippen molar-refractivity contribution in [1.82, 2.24) is 0 Å². The number of alkyl halides is 1. The van der Waals surface area contributed by atoms with Gasteiger partial charge in [0.2, 0.25) is 0 Å². The van der Waals surface area contributed by atoms with E-state index in [2.05, 4.69) is 73.7 Å². The van der Waals surface area contributed by atoms with Crippen LogP contribution in [0.1, 0.15) is 53.0 Å². The fraction of sp³-hybridized carbons (Fsp3) is 0.455. The fourth-order valence-electron chi connectivity index (χ4n) is 3.71. The van der Waals surface area contributed by atoms with Crippen molar-refractivity contribution in [2.45, 2.75) is 46.0 Å². The zero-order valence-electron chi connectivity index (χ0n) is 16.0. The number of hydrogen-bond donors (Lipinski definition) is 0. The SMILES string of the molecule is COc1c(C)c(C)c(OC)c(C(CCCCI)c2ccccc2)c1C. The minimum absolute atomic E-state index is 0.326. The summed E-state index contributed by atoms with van der Waals surface area (Å²) in [7, 11) is 3.54. The van der Waals surface area contributed by atoms with Crippen molar-refractivity contribution >= 4 is 22.6 Å². The third-order valence-corrected chi connectivity index (χ3v) is 5.83. The van der Waals surface area contributed by atoms with Crippen molar-refractivity contribution < 1.29 is 9.47 Å². The highest BCUT2D eigenvalue weighted by molar-refractivity contribution is 14.1. The number of methoxy groups -OCH3 is 2. The molecule has 0 fully saturated rings. The van der Waals surface area contributed by atoms with Crippen LogP contribution in [0.15, 0.2) is 30.3 Å². The van der Waals surface area contributed by atoms with Gasteiger partial charge in [0.05, 0.1) is 14.2 Å². The van der Waals surface area contributed by atoms with Crippen molar-refractivity contribution in [2.75, 3.05) is 18.6 Å². The van der Waals surface area contributed by atoms with Gasteiger partial charge in [-0.05, 0) is 60.3 Å². The zero-order valence-corrected chi connectivity index (χ0v) is 18.1. The molecule has 2 aromatic rings. The summed E-state index contributed by atoms with van der Waals surface area (Å²) < 4.78 is 12.8. The summed E-state index contributed by atoms with van der Waals surface area (Å²) in [5.74, 6) is 2.33. The average Bonchev–Trinajstić information content (AvgIpc) is 2.63. The van der Waals surface area contributed by atoms with Crippen LogP contribution in [-0.4, -0.2) is 18.6 Å². The Hall–Kier alpha value is -1.23. The average molecular weight is 452 g/mol. The van der Waals surface area contributed by atoms with E-state index in [1.807, 2.05) is 0 Å². The van der Waals surface area contributed by atoms with Crippen LogP contribution in [-0.2, 0) is 0 Å². The van der Waals surface area contributed by atoms with Crippen molar-refractivity contribution in [3.8, 4) is 11.5 Å². The Morgan fingerprint density at radius 3 is 2.00 bits per heavy atom. The van der Waals surface area contributed by atoms with Crippen LogP contribution in [0.5, 0.6) is 11.5 Å². The number of benzene rings is 2. The van der Waals surface area contributed by atoms with E-state index >= 15 is 0 Å². The summed E-state index contributed by atoms with van der Waals surface area (Å²) in [6.45, 7) is 6.41. The van der Waals surface area contributed by atoms with Crippen LogP contribution in [0.3, 0.4) is 0 Å². The lowest BCUT2D eigenvalue weighted by atomic mass is 9.82. The van der Waals surface area contributed by atoms with Crippen LogP contribution in [0.4, 0.5) is 0 Å². The first-order chi connectivity index (χ1) is 12.1. The normalized spacial score (nSPS) is 12.1. The summed E-state index contributed by atoms with van der Waals surface area (Å²) in [4.78, 5) is 0. The molecule has 3 heteroatoms. The van der Waals surface area contributed by atoms with Crippen molar-refractivity contribution in [2.24, 2.45) is 0 Å². The molecule has 0 aromatic heterocycles. The van der Waals surface area contributed by atoms with Gasteiger partial charge in [-0.2, -0.15) is 0 Å². The van der Waals surface area contributed by atoms with E-state index in [9.17, 15) is 0 Å². The molecule has 0 bridgehead atoms. The molecule has 0 aliphatic rings. The van der Waals surface area contributed by atoms with E-state index in [0.717, 1.165) is 17.9 Å². The van der Waals surface area contributed by atoms with Crippen LogP contribution in [0, 0.1) is 20.8 Å². The Morgan fingerprint density at radius 2 is 1.44 bits per heavy atom. The minimum atomic E-state index is 0.326. The summed E-state index contributed by atoms with van der Waals surface area (Å²) in [5, 5.41) is 0. The van der Waals surface area contributed by atoms with Gasteiger partial charge in [-0.15, -0.1) is 0 Å². The topological polar surface area (TPSA) is 18.5 Å². The lowest BCUT2D eigenvalue weighted by molar-refractivity contribution is 0.387. The molecule has 0 N–H and O–H groups in total. The van der Waals surface area contributed by atoms with Crippen molar-refractivity contribution in [1.29, 1.82) is 0 Å². The van der Waals surface area contributed by atoms with Crippen molar-refractivity contribution in [3.05, 3.63) is 58.1 Å². The van der Waals surface area contributed by atoms with E-state index in [-0.39, 0.29) is 0 Å². The van der Waals surface area contributed by atoms with Gasteiger partial charge in [0.25, 0.3) is 0 Å². The van der Waals surface area contributed by atoms with E-state index in [1.165, 1.54) is 45.1 Å². The van der Waals surface area contributed by atoms with E-state index in [0.29, 0.717) is 5.92 Å². The smallest absolute Gasteiger partial charge is 0.126 e. The molecule has 0 aliphatic heterocycles. The first-order valence-corrected chi connectivity index (χ1v) is 10.4. The lowest BCUT2D eigenvalue weighted by Gasteiger charge is -2.27. The number of rotatable bonds is 8. The Labute approximate surface area is 166 Å². The van der Waals surface area contributed by atoms with Crippen molar-refractivity contribution in [3.63, 3.8) is 0 Å². The predicted molar refractivity (Wildman–Crippen MR) is 115 cm³/mol. The van der Waals surface area contributed by atoms with Crippen LogP contribution in [0.25, 0.3) is 0 Å². The first-order valence-electron chi connectivity index (χ1n) is 8.89. The van der Waals surface area contributed by atoms with Crippen LogP contribution >= 0.6 is 22.6 Å². The maximum Gasteiger partial charge on any atom is 0.126 e. The Bertz CT molecular complexity index is 695. The Balaban J connectivity index is 2.65. The Kier molecular flexibility index (Phi) is 7.60. The molecule has 0 amide bonds. The standard InChI is InChI=1S/C22H29IO2/c1-15-16(2)22(25-5)20(17(3)21(15)24-4)19(13-9-10-14-23)18-11-7-6-8-12-18/h6-8,11-12,19H,9-10,13-14H2,1-5H3. The highest BCUT2D eigenvalue weighted by atomic mass is 127. The highest BCUT2D eigenvalue weighted by Crippen LogP contribution is 2.45. The second-order valence-corrected chi connectivity index (χ2v) is 7.58. The van der Waals surface area contributed by atoms with Crippen LogP contribution in [0.2, 0.25) is 0 Å². The summed E-state index contributed by atoms with van der Waals surface area (Å²) in [6, 6.07) is 10.8. The molecule has 1 atom stereocenters. The van der Waals surface area contributed by atoms with Gasteiger partial charge in [0.15, 0.2) is 0 Å². The third-order valence-electron chi connectivity index (χ3n) is 5.07. The lowest BCUT2D eigenvalue weighted by Crippen LogP contribution is -2.10. The second kappa shape index (κ2) is 9.46. The first kappa shape index (κ1) is 20.1. The van der Waals surface area contributed by atoms with E-state index in [4.69, 9.17) is 9.47 Å².